The third-order valence-corrected chi connectivity index (χ3v) is 6.18. The number of hydrogen-bond donors (Lipinski definition) is 3. The molecular weight excluding hydrogens is 442 g/mol. The van der Waals surface area contributed by atoms with Gasteiger partial charge in [0.2, 0.25) is 0 Å². The first kappa shape index (κ1) is 24.4. The number of nitrogens with zero attached hydrogens (tertiary/aromatic N) is 1. The Labute approximate surface area is 205 Å². The van der Waals surface area contributed by atoms with E-state index in [2.05, 4.69) is 5.32 Å². The number of cyclic esters (lactones) is 1. The molecule has 3 aromatic rings. The summed E-state index contributed by atoms with van der Waals surface area (Å²) in [4.78, 5) is 26.9. The highest BCUT2D eigenvalue weighted by molar-refractivity contribution is 5.95. The van der Waals surface area contributed by atoms with Crippen LogP contribution in [0, 0.1) is 0 Å². The summed E-state index contributed by atoms with van der Waals surface area (Å²) in [6.07, 6.45) is -0.990. The zero-order valence-electron chi connectivity index (χ0n) is 19.5. The number of nitrogens with one attached hydrogen (secondary N) is 1. The summed E-state index contributed by atoms with van der Waals surface area (Å²) in [7, 11) is 0. The second kappa shape index (κ2) is 11.6. The van der Waals surface area contributed by atoms with E-state index in [1.165, 1.54) is 4.90 Å². The Hall–Kier alpha value is -3.68. The third kappa shape index (κ3) is 6.68. The molecule has 1 saturated heterocycles. The second-order valence-electron chi connectivity index (χ2n) is 8.87. The molecule has 182 valence electrons. The van der Waals surface area contributed by atoms with Crippen molar-refractivity contribution in [1.82, 2.24) is 5.32 Å². The van der Waals surface area contributed by atoms with E-state index in [9.17, 15) is 14.7 Å². The molecule has 7 nitrogen and oxygen atoms in total. The van der Waals surface area contributed by atoms with Gasteiger partial charge < -0.3 is 20.9 Å². The molecule has 1 aliphatic heterocycles. The van der Waals surface area contributed by atoms with Gasteiger partial charge in [-0.15, -0.1) is 0 Å². The van der Waals surface area contributed by atoms with Crippen LogP contribution in [0.15, 0.2) is 91.0 Å². The van der Waals surface area contributed by atoms with Gasteiger partial charge in [-0.3, -0.25) is 9.69 Å². The topological polar surface area (TPSA) is 105 Å². The van der Waals surface area contributed by atoms with Crippen LogP contribution in [0.1, 0.15) is 17.5 Å². The lowest BCUT2D eigenvalue weighted by Gasteiger charge is -2.26. The van der Waals surface area contributed by atoms with Gasteiger partial charge in [0, 0.05) is 17.8 Å². The number of aliphatic hydroxyl groups is 1. The molecule has 4 atom stereocenters. The molecule has 1 fully saturated rings. The van der Waals surface area contributed by atoms with Crippen LogP contribution in [-0.2, 0) is 22.4 Å². The molecule has 4 N–H and O–H groups in total. The van der Waals surface area contributed by atoms with Crippen LogP contribution >= 0.6 is 0 Å². The number of para-hydroxylation sites is 1. The van der Waals surface area contributed by atoms with Crippen molar-refractivity contribution in [2.75, 3.05) is 11.4 Å². The van der Waals surface area contributed by atoms with Gasteiger partial charge in [0.15, 0.2) is 6.10 Å². The lowest BCUT2D eigenvalue weighted by atomic mass is 9.94. The molecule has 4 rings (SSSR count). The first-order valence-corrected chi connectivity index (χ1v) is 11.8. The summed E-state index contributed by atoms with van der Waals surface area (Å²) in [6.45, 7) is 0.128. The number of carbonyl (C=O) groups excluding carboxylic acids is 2. The minimum absolute atomic E-state index is 0.128. The summed E-state index contributed by atoms with van der Waals surface area (Å²) in [5.74, 6) is -0.387. The highest BCUT2D eigenvalue weighted by Gasteiger charge is 2.38. The molecule has 7 heteroatoms. The zero-order valence-corrected chi connectivity index (χ0v) is 19.5. The van der Waals surface area contributed by atoms with Crippen LogP contribution in [0.4, 0.5) is 10.5 Å². The average molecular weight is 474 g/mol. The third-order valence-electron chi connectivity index (χ3n) is 6.18. The smallest absolute Gasteiger partial charge is 0.415 e. The SMILES string of the molecule is N[C@@H](Cc1ccccc1)[C@@H](O)C[C@H](Cc1ccccc1)NC(=O)[C@@H]1CN(c2ccccc2)C(=O)O1. The molecule has 0 radical (unpaired) electrons. The van der Waals surface area contributed by atoms with E-state index in [1.807, 2.05) is 78.9 Å². The van der Waals surface area contributed by atoms with E-state index < -0.39 is 24.3 Å². The van der Waals surface area contributed by atoms with Gasteiger partial charge in [-0.2, -0.15) is 0 Å². The van der Waals surface area contributed by atoms with Gasteiger partial charge in [-0.1, -0.05) is 78.9 Å². The highest BCUT2D eigenvalue weighted by atomic mass is 16.6. The number of ether oxygens (including phenoxy) is 1. The lowest BCUT2D eigenvalue weighted by Crippen LogP contribution is -2.48. The lowest BCUT2D eigenvalue weighted by molar-refractivity contribution is -0.128. The first-order chi connectivity index (χ1) is 17.0. The van der Waals surface area contributed by atoms with Crippen molar-refractivity contribution in [3.8, 4) is 0 Å². The number of carbonyl (C=O) groups is 2. The fourth-order valence-electron chi connectivity index (χ4n) is 4.29. The normalized spacial score (nSPS) is 17.9. The monoisotopic (exact) mass is 473 g/mol. The van der Waals surface area contributed by atoms with E-state index in [0.717, 1.165) is 11.1 Å². The van der Waals surface area contributed by atoms with Crippen molar-refractivity contribution in [2.45, 2.75) is 43.6 Å². The van der Waals surface area contributed by atoms with Crippen LogP contribution in [0.5, 0.6) is 0 Å². The minimum atomic E-state index is -0.934. The maximum Gasteiger partial charge on any atom is 0.415 e. The molecule has 2 amide bonds. The Bertz CT molecular complexity index is 1090. The quantitative estimate of drug-likeness (QED) is 0.420. The fourth-order valence-corrected chi connectivity index (χ4v) is 4.29. The molecular formula is C28H31N3O4. The summed E-state index contributed by atoms with van der Waals surface area (Å²) in [6, 6.07) is 27.7. The predicted octanol–water partition coefficient (Wildman–Crippen LogP) is 3.06. The molecule has 0 aliphatic carbocycles. The van der Waals surface area contributed by atoms with Gasteiger partial charge in [0.05, 0.1) is 12.6 Å². The van der Waals surface area contributed by atoms with E-state index >= 15 is 0 Å². The predicted molar refractivity (Wildman–Crippen MR) is 135 cm³/mol. The molecule has 35 heavy (non-hydrogen) atoms. The van der Waals surface area contributed by atoms with Crippen molar-refractivity contribution < 1.29 is 19.4 Å². The Morgan fingerprint density at radius 3 is 2.09 bits per heavy atom. The van der Waals surface area contributed by atoms with E-state index in [1.54, 1.807) is 12.1 Å². The molecule has 1 aliphatic rings. The van der Waals surface area contributed by atoms with Gasteiger partial charge in [0.25, 0.3) is 5.91 Å². The minimum Gasteiger partial charge on any atom is -0.434 e. The number of hydrogen-bond acceptors (Lipinski definition) is 5. The number of amides is 2. The zero-order chi connectivity index (χ0) is 24.6. The largest absolute Gasteiger partial charge is 0.434 e. The Morgan fingerprint density at radius 1 is 0.943 bits per heavy atom. The van der Waals surface area contributed by atoms with Gasteiger partial charge in [-0.05, 0) is 42.5 Å². The summed E-state index contributed by atoms with van der Waals surface area (Å²) in [5, 5.41) is 13.9. The number of nitrogens with two attached hydrogens (primary N) is 1. The van der Waals surface area contributed by atoms with Crippen molar-refractivity contribution in [1.29, 1.82) is 0 Å². The Kier molecular flexibility index (Phi) is 8.13. The molecule has 0 bridgehead atoms. The molecule has 1 heterocycles. The number of rotatable bonds is 10. The maximum absolute atomic E-state index is 13.1. The van der Waals surface area contributed by atoms with E-state index in [-0.39, 0.29) is 24.9 Å². The Balaban J connectivity index is 1.41. The second-order valence-corrected chi connectivity index (χ2v) is 8.87. The number of anilines is 1. The van der Waals surface area contributed by atoms with Crippen LogP contribution in [-0.4, -0.2) is 47.9 Å². The van der Waals surface area contributed by atoms with Crippen LogP contribution in [0.3, 0.4) is 0 Å². The number of aliphatic hydroxyl groups excluding tert-OH is 1. The molecule has 0 unspecified atom stereocenters. The summed E-state index contributed by atoms with van der Waals surface area (Å²) >= 11 is 0. The van der Waals surface area contributed by atoms with Crippen LogP contribution < -0.4 is 16.0 Å². The standard InChI is InChI=1S/C28H31N3O4/c29-24(17-21-12-6-2-7-13-21)25(32)18-22(16-20-10-4-1-5-11-20)30-27(33)26-19-31(28(34)35-26)23-14-8-3-9-15-23/h1-15,22,24-26,32H,16-19,29H2,(H,30,33)/t22-,24-,25-,26-/m0/s1. The van der Waals surface area contributed by atoms with Gasteiger partial charge in [-0.25, -0.2) is 4.79 Å². The summed E-state index contributed by atoms with van der Waals surface area (Å²) in [5.41, 5.74) is 9.05. The van der Waals surface area contributed by atoms with Gasteiger partial charge in [0.1, 0.15) is 0 Å². The number of benzene rings is 3. The Morgan fingerprint density at radius 2 is 1.49 bits per heavy atom. The molecule has 3 aromatic carbocycles. The average Bonchev–Trinajstić information content (AvgIpc) is 3.27. The van der Waals surface area contributed by atoms with Crippen molar-refractivity contribution >= 4 is 17.7 Å². The molecule has 0 spiro atoms. The van der Waals surface area contributed by atoms with Crippen molar-refractivity contribution in [3.63, 3.8) is 0 Å². The van der Waals surface area contributed by atoms with E-state index in [0.29, 0.717) is 18.5 Å². The maximum atomic E-state index is 13.1. The van der Waals surface area contributed by atoms with Crippen molar-refractivity contribution in [3.05, 3.63) is 102 Å². The van der Waals surface area contributed by atoms with Crippen LogP contribution in [0.25, 0.3) is 0 Å². The first-order valence-electron chi connectivity index (χ1n) is 11.8. The van der Waals surface area contributed by atoms with Gasteiger partial charge >= 0.3 is 6.09 Å². The molecule has 0 saturated carbocycles. The molecule has 0 aromatic heterocycles. The highest BCUT2D eigenvalue weighted by Crippen LogP contribution is 2.22. The van der Waals surface area contributed by atoms with E-state index in [4.69, 9.17) is 10.5 Å². The fraction of sp³-hybridized carbons (Fsp3) is 0.286. The van der Waals surface area contributed by atoms with Crippen molar-refractivity contribution in [2.24, 2.45) is 5.73 Å². The van der Waals surface area contributed by atoms with Crippen LogP contribution in [0.2, 0.25) is 0 Å². The summed E-state index contributed by atoms with van der Waals surface area (Å²) < 4.78 is 5.36.